The summed E-state index contributed by atoms with van der Waals surface area (Å²) in [7, 11) is 0. The molecule has 1 heterocycles. The first-order valence-corrected chi connectivity index (χ1v) is 11.9. The average molecular weight is 497 g/mol. The lowest BCUT2D eigenvalue weighted by atomic mass is 10.1. The number of aryl methyl sites for hydroxylation is 1. The van der Waals surface area contributed by atoms with Gasteiger partial charge < -0.3 is 19.4 Å². The van der Waals surface area contributed by atoms with Crippen LogP contribution in [0.4, 0.5) is 5.69 Å². The fraction of sp³-hybridized carbons (Fsp3) is 0.138. The standard InChI is InChI=1S/C29H28N4O4/c1-3-36-27-18-22(14-15-26(27)37-20-28(34)31-24-12-6-4-10-21(24)2)19-30-32-29(35)23-11-5-7-13-25(23)33-16-8-9-17-33/h4-19H,3,20H2,1-2H3,(H,31,34)(H,32,35)/b30-19-. The van der Waals surface area contributed by atoms with Gasteiger partial charge in [-0.25, -0.2) is 5.43 Å². The molecule has 2 N–H and O–H groups in total. The zero-order chi connectivity index (χ0) is 26.0. The number of aromatic nitrogens is 1. The molecule has 0 atom stereocenters. The third-order valence-electron chi connectivity index (χ3n) is 5.46. The number of nitrogens with zero attached hydrogens (tertiary/aromatic N) is 2. The maximum absolute atomic E-state index is 12.8. The molecule has 4 aromatic rings. The van der Waals surface area contributed by atoms with Crippen molar-refractivity contribution in [1.82, 2.24) is 9.99 Å². The first-order valence-electron chi connectivity index (χ1n) is 11.9. The maximum atomic E-state index is 12.8. The van der Waals surface area contributed by atoms with Gasteiger partial charge in [0.05, 0.1) is 24.1 Å². The number of rotatable bonds is 10. The lowest BCUT2D eigenvalue weighted by Gasteiger charge is -2.13. The van der Waals surface area contributed by atoms with Crippen LogP contribution < -0.4 is 20.2 Å². The van der Waals surface area contributed by atoms with E-state index >= 15 is 0 Å². The van der Waals surface area contributed by atoms with Crippen molar-refractivity contribution in [2.45, 2.75) is 13.8 Å². The fourth-order valence-electron chi connectivity index (χ4n) is 3.65. The molecule has 0 saturated heterocycles. The first-order chi connectivity index (χ1) is 18.0. The number of hydrogen-bond acceptors (Lipinski definition) is 5. The van der Waals surface area contributed by atoms with E-state index < -0.39 is 0 Å². The molecule has 0 fully saturated rings. The number of para-hydroxylation sites is 2. The molecule has 0 radical (unpaired) electrons. The summed E-state index contributed by atoms with van der Waals surface area (Å²) in [4.78, 5) is 25.1. The van der Waals surface area contributed by atoms with Crippen molar-refractivity contribution in [3.63, 3.8) is 0 Å². The number of hydrogen-bond donors (Lipinski definition) is 2. The Morgan fingerprint density at radius 1 is 0.919 bits per heavy atom. The monoisotopic (exact) mass is 496 g/mol. The van der Waals surface area contributed by atoms with Gasteiger partial charge in [-0.1, -0.05) is 30.3 Å². The van der Waals surface area contributed by atoms with Crippen molar-refractivity contribution in [2.24, 2.45) is 5.10 Å². The van der Waals surface area contributed by atoms with Crippen molar-refractivity contribution >= 4 is 23.7 Å². The van der Waals surface area contributed by atoms with Crippen LogP contribution in [0.3, 0.4) is 0 Å². The smallest absolute Gasteiger partial charge is 0.273 e. The van der Waals surface area contributed by atoms with Gasteiger partial charge in [-0.2, -0.15) is 5.10 Å². The molecule has 0 unspecified atom stereocenters. The van der Waals surface area contributed by atoms with Gasteiger partial charge in [-0.3, -0.25) is 9.59 Å². The van der Waals surface area contributed by atoms with E-state index in [1.165, 1.54) is 6.21 Å². The molecular weight excluding hydrogens is 468 g/mol. The summed E-state index contributed by atoms with van der Waals surface area (Å²) in [5.41, 5.74) is 6.23. The highest BCUT2D eigenvalue weighted by molar-refractivity contribution is 5.98. The molecule has 0 aliphatic heterocycles. The molecular formula is C29H28N4O4. The first kappa shape index (κ1) is 25.2. The highest BCUT2D eigenvalue weighted by Gasteiger charge is 2.12. The number of carbonyl (C=O) groups is 2. The van der Waals surface area contributed by atoms with Crippen LogP contribution in [0, 0.1) is 6.92 Å². The molecule has 3 aromatic carbocycles. The molecule has 1 aromatic heterocycles. The number of carbonyl (C=O) groups excluding carboxylic acids is 2. The van der Waals surface area contributed by atoms with Gasteiger partial charge >= 0.3 is 0 Å². The molecule has 8 heteroatoms. The molecule has 0 aliphatic rings. The van der Waals surface area contributed by atoms with Crippen molar-refractivity contribution in [1.29, 1.82) is 0 Å². The minimum absolute atomic E-state index is 0.168. The molecule has 0 aliphatic carbocycles. The van der Waals surface area contributed by atoms with E-state index in [4.69, 9.17) is 9.47 Å². The number of benzene rings is 3. The van der Waals surface area contributed by atoms with E-state index in [1.54, 1.807) is 30.3 Å². The fourth-order valence-corrected chi connectivity index (χ4v) is 3.65. The van der Waals surface area contributed by atoms with Gasteiger partial charge in [0.1, 0.15) is 0 Å². The molecule has 0 saturated carbocycles. The Morgan fingerprint density at radius 3 is 2.46 bits per heavy atom. The van der Waals surface area contributed by atoms with Gasteiger partial charge in [-0.15, -0.1) is 0 Å². The summed E-state index contributed by atoms with van der Waals surface area (Å²) in [5.74, 6) is 0.304. The van der Waals surface area contributed by atoms with Gasteiger partial charge in [-0.05, 0) is 73.5 Å². The van der Waals surface area contributed by atoms with Crippen molar-refractivity contribution in [2.75, 3.05) is 18.5 Å². The van der Waals surface area contributed by atoms with Crippen molar-refractivity contribution in [3.05, 3.63) is 108 Å². The summed E-state index contributed by atoms with van der Waals surface area (Å²) in [6.07, 6.45) is 5.27. The number of nitrogens with one attached hydrogen (secondary N) is 2. The molecule has 37 heavy (non-hydrogen) atoms. The Balaban J connectivity index is 1.39. The molecule has 188 valence electrons. The third-order valence-corrected chi connectivity index (χ3v) is 5.46. The average Bonchev–Trinajstić information content (AvgIpc) is 3.45. The van der Waals surface area contributed by atoms with Crippen LogP contribution in [0.25, 0.3) is 5.69 Å². The topological polar surface area (TPSA) is 93.9 Å². The van der Waals surface area contributed by atoms with Crippen LogP contribution in [0.15, 0.2) is 96.4 Å². The summed E-state index contributed by atoms with van der Waals surface area (Å²) < 4.78 is 13.3. The van der Waals surface area contributed by atoms with Crippen LogP contribution in [-0.4, -0.2) is 35.8 Å². The van der Waals surface area contributed by atoms with Crippen molar-refractivity contribution in [3.8, 4) is 17.2 Å². The zero-order valence-corrected chi connectivity index (χ0v) is 20.7. The van der Waals surface area contributed by atoms with Crippen LogP contribution >= 0.6 is 0 Å². The second kappa shape index (κ2) is 12.2. The van der Waals surface area contributed by atoms with E-state index in [-0.39, 0.29) is 18.4 Å². The van der Waals surface area contributed by atoms with E-state index in [2.05, 4.69) is 15.8 Å². The Morgan fingerprint density at radius 2 is 1.68 bits per heavy atom. The molecule has 0 spiro atoms. The SMILES string of the molecule is CCOc1cc(/C=N\NC(=O)c2ccccc2-n2cccc2)ccc1OCC(=O)Nc1ccccc1C. The summed E-state index contributed by atoms with van der Waals surface area (Å²) in [6.45, 7) is 4.03. The van der Waals surface area contributed by atoms with E-state index in [0.717, 1.165) is 16.9 Å². The van der Waals surface area contributed by atoms with Gasteiger partial charge in [0.2, 0.25) is 0 Å². The Labute approximate surface area is 215 Å². The highest BCUT2D eigenvalue weighted by atomic mass is 16.5. The second-order valence-electron chi connectivity index (χ2n) is 8.10. The van der Waals surface area contributed by atoms with Gasteiger partial charge in [0.15, 0.2) is 18.1 Å². The predicted molar refractivity (Wildman–Crippen MR) is 144 cm³/mol. The molecule has 0 bridgehead atoms. The maximum Gasteiger partial charge on any atom is 0.273 e. The predicted octanol–water partition coefficient (Wildman–Crippen LogP) is 4.97. The number of hydrazone groups is 1. The molecule has 2 amide bonds. The van der Waals surface area contributed by atoms with Crippen LogP contribution in [0.5, 0.6) is 11.5 Å². The minimum atomic E-state index is -0.329. The summed E-state index contributed by atoms with van der Waals surface area (Å²) in [5, 5.41) is 6.95. The molecule has 4 rings (SSSR count). The van der Waals surface area contributed by atoms with Crippen LogP contribution in [0.2, 0.25) is 0 Å². The van der Waals surface area contributed by atoms with E-state index in [1.807, 2.05) is 79.3 Å². The largest absolute Gasteiger partial charge is 0.490 e. The quantitative estimate of drug-likeness (QED) is 0.240. The number of anilines is 1. The lowest BCUT2D eigenvalue weighted by Crippen LogP contribution is -2.21. The third kappa shape index (κ3) is 6.64. The van der Waals surface area contributed by atoms with Gasteiger partial charge in [0, 0.05) is 18.1 Å². The highest BCUT2D eigenvalue weighted by Crippen LogP contribution is 2.28. The normalized spacial score (nSPS) is 10.8. The Hall–Kier alpha value is -4.85. The Bertz CT molecular complexity index is 1400. The van der Waals surface area contributed by atoms with Crippen LogP contribution in [-0.2, 0) is 4.79 Å². The Kier molecular flexibility index (Phi) is 8.33. The van der Waals surface area contributed by atoms with Crippen molar-refractivity contribution < 1.29 is 19.1 Å². The lowest BCUT2D eigenvalue weighted by molar-refractivity contribution is -0.118. The zero-order valence-electron chi connectivity index (χ0n) is 20.7. The number of ether oxygens (including phenoxy) is 2. The molecule has 8 nitrogen and oxygen atoms in total. The van der Waals surface area contributed by atoms with Crippen LogP contribution in [0.1, 0.15) is 28.4 Å². The minimum Gasteiger partial charge on any atom is -0.490 e. The van der Waals surface area contributed by atoms with E-state index in [9.17, 15) is 9.59 Å². The van der Waals surface area contributed by atoms with Gasteiger partial charge in [0.25, 0.3) is 11.8 Å². The van der Waals surface area contributed by atoms with E-state index in [0.29, 0.717) is 29.2 Å². The summed E-state index contributed by atoms with van der Waals surface area (Å²) >= 11 is 0. The second-order valence-corrected chi connectivity index (χ2v) is 8.10. The summed E-state index contributed by atoms with van der Waals surface area (Å²) in [6, 6.07) is 23.8. The number of amides is 2.